The van der Waals surface area contributed by atoms with Crippen molar-refractivity contribution in [1.29, 1.82) is 0 Å². The van der Waals surface area contributed by atoms with Gasteiger partial charge in [0.05, 0.1) is 24.1 Å². The van der Waals surface area contributed by atoms with Crippen LogP contribution in [0, 0.1) is 0 Å². The summed E-state index contributed by atoms with van der Waals surface area (Å²) in [6, 6.07) is 6.80. The lowest BCUT2D eigenvalue weighted by atomic mass is 10.1. The highest BCUT2D eigenvalue weighted by atomic mass is 16.6. The molecule has 36 heavy (non-hydrogen) atoms. The number of imide groups is 1. The number of amides is 2. The lowest BCUT2D eigenvalue weighted by Crippen LogP contribution is -2.35. The molecule has 1 aromatic carbocycles. The molecule has 2 aromatic heterocycles. The molecule has 1 saturated heterocycles. The third kappa shape index (κ3) is 4.15. The molecule has 2 amide bonds. The number of hydrogen-bond acceptors (Lipinski definition) is 11. The number of fused-ring (bicyclic) bond motifs is 2. The van der Waals surface area contributed by atoms with E-state index in [1.54, 1.807) is 28.8 Å². The van der Waals surface area contributed by atoms with Crippen LogP contribution in [0.15, 0.2) is 30.6 Å². The fraction of sp³-hybridized carbons (Fsp3) is 0.435. The number of imidazole rings is 1. The number of nitrogen functional groups attached to an aromatic ring is 2. The molecule has 4 heterocycles. The van der Waals surface area contributed by atoms with Gasteiger partial charge in [-0.05, 0) is 31.4 Å². The van der Waals surface area contributed by atoms with Crippen molar-refractivity contribution in [3.05, 3.63) is 41.7 Å². The van der Waals surface area contributed by atoms with Crippen molar-refractivity contribution in [1.82, 2.24) is 24.4 Å². The molecule has 1 fully saturated rings. The summed E-state index contributed by atoms with van der Waals surface area (Å²) in [5.74, 6) is -0.458. The van der Waals surface area contributed by atoms with Crippen molar-refractivity contribution in [2.75, 3.05) is 31.2 Å². The van der Waals surface area contributed by atoms with Crippen LogP contribution in [0.5, 0.6) is 0 Å². The maximum atomic E-state index is 12.5. The van der Waals surface area contributed by atoms with Crippen molar-refractivity contribution < 1.29 is 29.3 Å². The number of aliphatic hydroxyl groups excluding tert-OH is 2. The Morgan fingerprint density at radius 2 is 1.78 bits per heavy atom. The molecule has 6 N–H and O–H groups in total. The molecule has 0 aliphatic carbocycles. The Labute approximate surface area is 205 Å². The average molecular weight is 498 g/mol. The molecule has 13 nitrogen and oxygen atoms in total. The van der Waals surface area contributed by atoms with Gasteiger partial charge in [0.1, 0.15) is 23.8 Å². The maximum Gasteiger partial charge on any atom is 0.261 e. The van der Waals surface area contributed by atoms with E-state index >= 15 is 0 Å². The third-order valence-electron chi connectivity index (χ3n) is 6.45. The van der Waals surface area contributed by atoms with Gasteiger partial charge in [-0.15, -0.1) is 0 Å². The van der Waals surface area contributed by atoms with Crippen molar-refractivity contribution in [2.24, 2.45) is 0 Å². The summed E-state index contributed by atoms with van der Waals surface area (Å²) in [6.45, 7) is 0.206. The number of carbonyl (C=O) groups is 2. The molecule has 2 aliphatic rings. The van der Waals surface area contributed by atoms with Gasteiger partial charge in [-0.3, -0.25) is 19.1 Å². The van der Waals surface area contributed by atoms with Gasteiger partial charge < -0.3 is 31.2 Å². The van der Waals surface area contributed by atoms with Crippen molar-refractivity contribution in [3.63, 3.8) is 0 Å². The average Bonchev–Trinajstić information content (AvgIpc) is 3.50. The van der Waals surface area contributed by atoms with Gasteiger partial charge in [-0.25, -0.2) is 4.98 Å². The van der Waals surface area contributed by atoms with Gasteiger partial charge in [0.15, 0.2) is 17.7 Å². The quantitative estimate of drug-likeness (QED) is 0.231. The SMILES string of the molecule is Nc1nc(N)c2ncn([C@@H]3O[C@H](CO)[C@@H](O)[C@H]3OCCCCCN3C(=O)c4ccccc4C3=O)c2n1. The standard InChI is InChI=1S/C23H27N7O6/c24-18-15-19(28-23(25)27-18)30(11-26-15)22-17(16(32)14(10-31)36-22)35-9-5-1-4-8-29-20(33)12-6-2-3-7-13(12)21(29)34/h2-3,6-7,11,14,16-17,22,31-32H,1,4-5,8-10H2,(H4,24,25,27,28)/t14-,16-,17-,22-/m1/s1. The van der Waals surface area contributed by atoms with Gasteiger partial charge in [0.2, 0.25) is 5.95 Å². The van der Waals surface area contributed by atoms with Crippen LogP contribution >= 0.6 is 0 Å². The van der Waals surface area contributed by atoms with Gasteiger partial charge in [-0.1, -0.05) is 12.1 Å². The highest BCUT2D eigenvalue weighted by Gasteiger charge is 2.46. The zero-order valence-electron chi connectivity index (χ0n) is 19.4. The minimum Gasteiger partial charge on any atom is -0.394 e. The lowest BCUT2D eigenvalue weighted by molar-refractivity contribution is -0.0711. The van der Waals surface area contributed by atoms with Gasteiger partial charge >= 0.3 is 0 Å². The van der Waals surface area contributed by atoms with E-state index in [-0.39, 0.29) is 30.2 Å². The summed E-state index contributed by atoms with van der Waals surface area (Å²) >= 11 is 0. The predicted octanol–water partition coefficient (Wildman–Crippen LogP) is 0.0930. The molecule has 0 radical (unpaired) electrons. The minimum atomic E-state index is -1.09. The first-order chi connectivity index (χ1) is 17.4. The van der Waals surface area contributed by atoms with Gasteiger partial charge in [0, 0.05) is 13.2 Å². The molecule has 5 rings (SSSR count). The smallest absolute Gasteiger partial charge is 0.261 e. The molecule has 0 saturated carbocycles. The normalized spacial score (nSPS) is 23.7. The number of ether oxygens (including phenoxy) is 2. The number of carbonyl (C=O) groups excluding carboxylic acids is 2. The highest BCUT2D eigenvalue weighted by molar-refractivity contribution is 6.21. The summed E-state index contributed by atoms with van der Waals surface area (Å²) in [5, 5.41) is 20.3. The molecule has 2 aliphatic heterocycles. The summed E-state index contributed by atoms with van der Waals surface area (Å²) in [4.78, 5) is 38.5. The molecular formula is C23H27N7O6. The molecule has 0 bridgehead atoms. The number of anilines is 2. The Hall–Kier alpha value is -3.65. The minimum absolute atomic E-state index is 0.0328. The van der Waals surface area contributed by atoms with Crippen LogP contribution in [-0.2, 0) is 9.47 Å². The van der Waals surface area contributed by atoms with E-state index in [4.69, 9.17) is 20.9 Å². The summed E-state index contributed by atoms with van der Waals surface area (Å²) < 4.78 is 13.4. The Bertz CT molecular complexity index is 1260. The zero-order chi connectivity index (χ0) is 25.4. The second kappa shape index (κ2) is 9.78. The largest absolute Gasteiger partial charge is 0.394 e. The molecule has 190 valence electrons. The van der Waals surface area contributed by atoms with E-state index < -0.39 is 31.1 Å². The Morgan fingerprint density at radius 1 is 1.06 bits per heavy atom. The van der Waals surface area contributed by atoms with Gasteiger partial charge in [-0.2, -0.15) is 9.97 Å². The van der Waals surface area contributed by atoms with E-state index in [9.17, 15) is 19.8 Å². The van der Waals surface area contributed by atoms with Crippen molar-refractivity contribution in [2.45, 2.75) is 43.8 Å². The van der Waals surface area contributed by atoms with E-state index in [1.165, 1.54) is 11.2 Å². The summed E-state index contributed by atoms with van der Waals surface area (Å²) in [7, 11) is 0. The first-order valence-corrected chi connectivity index (χ1v) is 11.7. The topological polar surface area (TPSA) is 192 Å². The first kappa shape index (κ1) is 24.1. The Balaban J connectivity index is 1.18. The highest BCUT2D eigenvalue weighted by Crippen LogP contribution is 2.34. The molecule has 3 aromatic rings. The van der Waals surface area contributed by atoms with E-state index in [2.05, 4.69) is 15.0 Å². The Morgan fingerprint density at radius 3 is 2.47 bits per heavy atom. The third-order valence-corrected chi connectivity index (χ3v) is 6.45. The summed E-state index contributed by atoms with van der Waals surface area (Å²) in [6.07, 6.45) is -0.208. The molecule has 13 heteroatoms. The zero-order valence-corrected chi connectivity index (χ0v) is 19.4. The molecule has 0 unspecified atom stereocenters. The second-order valence-corrected chi connectivity index (χ2v) is 8.73. The molecular weight excluding hydrogens is 470 g/mol. The van der Waals surface area contributed by atoms with Crippen molar-refractivity contribution >= 4 is 34.7 Å². The van der Waals surface area contributed by atoms with E-state index in [1.807, 2.05) is 0 Å². The van der Waals surface area contributed by atoms with Crippen LogP contribution < -0.4 is 11.5 Å². The lowest BCUT2D eigenvalue weighted by Gasteiger charge is -2.22. The number of nitrogens with zero attached hydrogens (tertiary/aromatic N) is 5. The number of rotatable bonds is 9. The molecule has 4 atom stereocenters. The maximum absolute atomic E-state index is 12.5. The second-order valence-electron chi connectivity index (χ2n) is 8.73. The predicted molar refractivity (Wildman–Crippen MR) is 127 cm³/mol. The van der Waals surface area contributed by atoms with Crippen LogP contribution in [0.4, 0.5) is 11.8 Å². The van der Waals surface area contributed by atoms with Crippen LogP contribution in [0.1, 0.15) is 46.2 Å². The monoisotopic (exact) mass is 497 g/mol. The Kier molecular flexibility index (Phi) is 6.53. The number of hydrogen-bond donors (Lipinski definition) is 4. The summed E-state index contributed by atoms with van der Waals surface area (Å²) in [5.41, 5.74) is 13.1. The molecule has 0 spiro atoms. The first-order valence-electron chi connectivity index (χ1n) is 11.7. The van der Waals surface area contributed by atoms with E-state index in [0.29, 0.717) is 48.1 Å². The fourth-order valence-corrected chi connectivity index (χ4v) is 4.63. The number of aromatic nitrogens is 4. The van der Waals surface area contributed by atoms with Crippen LogP contribution in [0.3, 0.4) is 0 Å². The van der Waals surface area contributed by atoms with Gasteiger partial charge in [0.25, 0.3) is 11.8 Å². The van der Waals surface area contributed by atoms with Crippen LogP contribution in [-0.4, -0.2) is 84.5 Å². The van der Waals surface area contributed by atoms with Crippen molar-refractivity contribution in [3.8, 4) is 0 Å². The number of unbranched alkanes of at least 4 members (excludes halogenated alkanes) is 2. The number of benzene rings is 1. The number of aliphatic hydroxyl groups is 2. The van der Waals surface area contributed by atoms with Crippen LogP contribution in [0.2, 0.25) is 0 Å². The number of nitrogens with two attached hydrogens (primary N) is 2. The fourth-order valence-electron chi connectivity index (χ4n) is 4.63. The van der Waals surface area contributed by atoms with Crippen LogP contribution in [0.25, 0.3) is 11.2 Å². The van der Waals surface area contributed by atoms with E-state index in [0.717, 1.165) is 0 Å².